The number of carbonyl (C=O) groups excluding carboxylic acids is 1. The summed E-state index contributed by atoms with van der Waals surface area (Å²) >= 11 is 1.60. The van der Waals surface area contributed by atoms with Crippen LogP contribution in [0.4, 0.5) is 0 Å². The zero-order chi connectivity index (χ0) is 11.8. The summed E-state index contributed by atoms with van der Waals surface area (Å²) in [6, 6.07) is 3.57. The third-order valence-corrected chi connectivity index (χ3v) is 3.16. The van der Waals surface area contributed by atoms with Gasteiger partial charge in [0, 0.05) is 23.0 Å². The normalized spacial score (nSPS) is 12.3. The number of rotatable bonds is 7. The molecule has 3 N–H and O–H groups in total. The van der Waals surface area contributed by atoms with Crippen molar-refractivity contribution in [1.82, 2.24) is 10.3 Å². The molecule has 1 amide bonds. The summed E-state index contributed by atoms with van der Waals surface area (Å²) in [7, 11) is 0. The van der Waals surface area contributed by atoms with Gasteiger partial charge in [-0.15, -0.1) is 11.8 Å². The van der Waals surface area contributed by atoms with Crippen LogP contribution in [0.25, 0.3) is 0 Å². The number of thioether (sulfide) groups is 1. The van der Waals surface area contributed by atoms with E-state index in [0.717, 1.165) is 17.9 Å². The molecule has 0 spiro atoms. The lowest BCUT2D eigenvalue weighted by atomic mass is 10.3. The molecule has 1 unspecified atom stereocenters. The minimum Gasteiger partial charge on any atom is -0.368 e. The number of nitrogens with one attached hydrogen (secondary N) is 1. The maximum Gasteiger partial charge on any atom is 0.235 e. The lowest BCUT2D eigenvalue weighted by Crippen LogP contribution is -2.43. The van der Waals surface area contributed by atoms with Crippen molar-refractivity contribution in [1.29, 1.82) is 0 Å². The first-order chi connectivity index (χ1) is 7.74. The van der Waals surface area contributed by atoms with E-state index in [-0.39, 0.29) is 11.9 Å². The van der Waals surface area contributed by atoms with Crippen LogP contribution in [-0.4, -0.2) is 29.2 Å². The Morgan fingerprint density at radius 2 is 2.25 bits per heavy atom. The van der Waals surface area contributed by atoms with Crippen LogP contribution in [0, 0.1) is 0 Å². The van der Waals surface area contributed by atoms with Crippen molar-refractivity contribution in [3.8, 4) is 0 Å². The minimum atomic E-state index is -0.296. The molecule has 1 aromatic heterocycles. The standard InChI is InChI=1S/C11H17N3OS/c1-2-5-14-10(11(12)15)8-16-9-3-6-13-7-4-9/h3-4,6-7,10,14H,2,5,8H2,1H3,(H2,12,15). The van der Waals surface area contributed by atoms with Crippen molar-refractivity contribution >= 4 is 17.7 Å². The second-order valence-corrected chi connectivity index (χ2v) is 4.50. The summed E-state index contributed by atoms with van der Waals surface area (Å²) in [5, 5.41) is 3.13. The highest BCUT2D eigenvalue weighted by Crippen LogP contribution is 2.17. The number of primary amides is 1. The first-order valence-electron chi connectivity index (χ1n) is 5.29. The fourth-order valence-electron chi connectivity index (χ4n) is 1.17. The van der Waals surface area contributed by atoms with Crippen molar-refractivity contribution in [2.24, 2.45) is 5.73 Å². The van der Waals surface area contributed by atoms with Crippen molar-refractivity contribution in [2.45, 2.75) is 24.3 Å². The Hall–Kier alpha value is -1.07. The van der Waals surface area contributed by atoms with Crippen LogP contribution in [0.5, 0.6) is 0 Å². The number of nitrogens with zero attached hydrogens (tertiary/aromatic N) is 1. The molecule has 0 saturated carbocycles. The molecule has 0 bridgehead atoms. The summed E-state index contributed by atoms with van der Waals surface area (Å²) in [5.74, 6) is 0.356. The Kier molecular flexibility index (Phi) is 5.88. The van der Waals surface area contributed by atoms with Crippen LogP contribution in [0.3, 0.4) is 0 Å². The Balaban J connectivity index is 2.41. The number of nitrogens with two attached hydrogens (primary N) is 1. The molecule has 4 nitrogen and oxygen atoms in total. The van der Waals surface area contributed by atoms with Crippen molar-refractivity contribution in [2.75, 3.05) is 12.3 Å². The summed E-state index contributed by atoms with van der Waals surface area (Å²) in [4.78, 5) is 16.2. The third-order valence-electron chi connectivity index (χ3n) is 2.05. The number of amides is 1. The average Bonchev–Trinajstić information content (AvgIpc) is 2.30. The lowest BCUT2D eigenvalue weighted by molar-refractivity contribution is -0.119. The second kappa shape index (κ2) is 7.24. The smallest absolute Gasteiger partial charge is 0.235 e. The molecule has 0 aliphatic rings. The van der Waals surface area contributed by atoms with E-state index in [1.165, 1.54) is 0 Å². The van der Waals surface area contributed by atoms with Gasteiger partial charge in [-0.25, -0.2) is 0 Å². The number of aromatic nitrogens is 1. The van der Waals surface area contributed by atoms with Gasteiger partial charge in [0.2, 0.25) is 5.91 Å². The molecule has 0 fully saturated rings. The average molecular weight is 239 g/mol. The molecule has 5 heteroatoms. The predicted molar refractivity (Wildman–Crippen MR) is 66.2 cm³/mol. The summed E-state index contributed by atoms with van der Waals surface area (Å²) < 4.78 is 0. The van der Waals surface area contributed by atoms with Crippen LogP contribution in [-0.2, 0) is 4.79 Å². The molecule has 1 heterocycles. The predicted octanol–water partition coefficient (Wildman–Crippen LogP) is 1.03. The van der Waals surface area contributed by atoms with Gasteiger partial charge in [0.25, 0.3) is 0 Å². The van der Waals surface area contributed by atoms with Crippen LogP contribution < -0.4 is 11.1 Å². The molecule has 0 aromatic carbocycles. The number of hydrogen-bond donors (Lipinski definition) is 2. The third kappa shape index (κ3) is 4.63. The van der Waals surface area contributed by atoms with E-state index < -0.39 is 0 Å². The largest absolute Gasteiger partial charge is 0.368 e. The van der Waals surface area contributed by atoms with Gasteiger partial charge in [0.1, 0.15) is 0 Å². The molecule has 1 rings (SSSR count). The fraction of sp³-hybridized carbons (Fsp3) is 0.455. The van der Waals surface area contributed by atoms with Crippen LogP contribution in [0.15, 0.2) is 29.4 Å². The molecule has 88 valence electrons. The van der Waals surface area contributed by atoms with E-state index in [1.807, 2.05) is 12.1 Å². The summed E-state index contributed by atoms with van der Waals surface area (Å²) in [5.41, 5.74) is 5.31. The van der Waals surface area contributed by atoms with Gasteiger partial charge < -0.3 is 11.1 Å². The fourth-order valence-corrected chi connectivity index (χ4v) is 2.13. The van der Waals surface area contributed by atoms with Gasteiger partial charge in [-0.3, -0.25) is 9.78 Å². The van der Waals surface area contributed by atoms with Crippen molar-refractivity contribution < 1.29 is 4.79 Å². The van der Waals surface area contributed by atoms with Gasteiger partial charge in [-0.05, 0) is 25.1 Å². The van der Waals surface area contributed by atoms with E-state index in [0.29, 0.717) is 5.75 Å². The number of hydrogen-bond acceptors (Lipinski definition) is 4. The molecule has 16 heavy (non-hydrogen) atoms. The molecule has 0 radical (unpaired) electrons. The van der Waals surface area contributed by atoms with E-state index in [2.05, 4.69) is 17.2 Å². The summed E-state index contributed by atoms with van der Waals surface area (Å²) in [6.07, 6.45) is 4.46. The minimum absolute atomic E-state index is 0.266. The number of carbonyl (C=O) groups is 1. The molecule has 1 atom stereocenters. The zero-order valence-corrected chi connectivity index (χ0v) is 10.2. The Morgan fingerprint density at radius 3 is 2.81 bits per heavy atom. The highest BCUT2D eigenvalue weighted by atomic mass is 32.2. The monoisotopic (exact) mass is 239 g/mol. The van der Waals surface area contributed by atoms with Gasteiger partial charge in [-0.1, -0.05) is 6.92 Å². The second-order valence-electron chi connectivity index (χ2n) is 3.40. The molecule has 0 saturated heterocycles. The highest BCUT2D eigenvalue weighted by molar-refractivity contribution is 7.99. The Labute approximate surface area is 100 Å². The van der Waals surface area contributed by atoms with Gasteiger partial charge in [0.15, 0.2) is 0 Å². The zero-order valence-electron chi connectivity index (χ0n) is 9.35. The first kappa shape index (κ1) is 13.0. The summed E-state index contributed by atoms with van der Waals surface area (Å²) in [6.45, 7) is 2.87. The topological polar surface area (TPSA) is 68.0 Å². The van der Waals surface area contributed by atoms with Gasteiger partial charge in [-0.2, -0.15) is 0 Å². The van der Waals surface area contributed by atoms with E-state index in [9.17, 15) is 4.79 Å². The van der Waals surface area contributed by atoms with Crippen molar-refractivity contribution in [3.05, 3.63) is 24.5 Å². The maximum atomic E-state index is 11.2. The van der Waals surface area contributed by atoms with Gasteiger partial charge in [0.05, 0.1) is 6.04 Å². The quantitative estimate of drug-likeness (QED) is 0.697. The van der Waals surface area contributed by atoms with Crippen LogP contribution in [0.2, 0.25) is 0 Å². The maximum absolute atomic E-state index is 11.2. The SMILES string of the molecule is CCCNC(CSc1ccncc1)C(N)=O. The van der Waals surface area contributed by atoms with Gasteiger partial charge >= 0.3 is 0 Å². The highest BCUT2D eigenvalue weighted by Gasteiger charge is 2.13. The number of pyridine rings is 1. The first-order valence-corrected chi connectivity index (χ1v) is 6.28. The molecular formula is C11H17N3OS. The Morgan fingerprint density at radius 1 is 1.56 bits per heavy atom. The molecular weight excluding hydrogens is 222 g/mol. The van der Waals surface area contributed by atoms with E-state index in [4.69, 9.17) is 5.73 Å². The molecule has 1 aromatic rings. The van der Waals surface area contributed by atoms with E-state index >= 15 is 0 Å². The van der Waals surface area contributed by atoms with Crippen LogP contribution in [0.1, 0.15) is 13.3 Å². The molecule has 0 aliphatic heterocycles. The van der Waals surface area contributed by atoms with E-state index in [1.54, 1.807) is 24.2 Å². The lowest BCUT2D eigenvalue weighted by Gasteiger charge is -2.14. The van der Waals surface area contributed by atoms with Crippen molar-refractivity contribution in [3.63, 3.8) is 0 Å². The van der Waals surface area contributed by atoms with Crippen LogP contribution >= 0.6 is 11.8 Å². The molecule has 0 aliphatic carbocycles. The Bertz CT molecular complexity index is 318.